The van der Waals surface area contributed by atoms with Gasteiger partial charge in [0.25, 0.3) is 5.56 Å². The molecule has 0 amide bonds. The Hall–Kier alpha value is -4.57. The molecule has 0 bridgehead atoms. The van der Waals surface area contributed by atoms with Crippen LogP contribution in [0.3, 0.4) is 0 Å². The monoisotopic (exact) mass is 715 g/mol. The second-order valence-electron chi connectivity index (χ2n) is 10.7. The van der Waals surface area contributed by atoms with Crippen LogP contribution in [0.4, 0.5) is 0 Å². The van der Waals surface area contributed by atoms with Gasteiger partial charge >= 0.3 is 0 Å². The molecule has 4 aromatic carbocycles. The van der Waals surface area contributed by atoms with Crippen LogP contribution < -0.4 is 15.0 Å². The normalized spacial score (nSPS) is 11.0. The highest BCUT2D eigenvalue weighted by atomic mass is 79.9. The van der Waals surface area contributed by atoms with Crippen LogP contribution in [0.25, 0.3) is 33.2 Å². The molecular formula is C35H28BrCl2N5O3. The lowest BCUT2D eigenvalue weighted by Crippen LogP contribution is -2.18. The fourth-order valence-electron chi connectivity index (χ4n) is 5.02. The summed E-state index contributed by atoms with van der Waals surface area (Å²) in [7, 11) is 1.75. The molecule has 46 heavy (non-hydrogen) atoms. The Morgan fingerprint density at radius 2 is 1.22 bits per heavy atom. The Labute approximate surface area is 283 Å². The lowest BCUT2D eigenvalue weighted by molar-refractivity contribution is 0.484. The number of aryl methyl sites for hydroxylation is 4. The van der Waals surface area contributed by atoms with E-state index in [0.29, 0.717) is 32.9 Å². The van der Waals surface area contributed by atoms with Crippen molar-refractivity contribution >= 4 is 61.2 Å². The molecule has 0 atom stereocenters. The quantitative estimate of drug-likeness (QED) is 0.185. The molecule has 0 aliphatic rings. The molecular weight excluding hydrogens is 689 g/mol. The van der Waals surface area contributed by atoms with Crippen LogP contribution in [0.5, 0.6) is 23.0 Å². The Balaban J connectivity index is 0.000000172. The third-order valence-corrected chi connectivity index (χ3v) is 8.27. The second kappa shape index (κ2) is 13.0. The van der Waals surface area contributed by atoms with E-state index in [2.05, 4.69) is 35.9 Å². The van der Waals surface area contributed by atoms with Crippen molar-refractivity contribution in [2.24, 2.45) is 7.05 Å². The standard InChI is InChI=1S/C21H18ClN3O2.C14H10BrClN2O/c1-12-10-14(11-25(3)21(12)26)17-8-9-18-19(24-13(2)23-18)20(17)27-16-6-4-15(22)5-7-16;1-8-17-12-7-6-11(15)14(13(12)18-8)19-10-4-2-9(16)3-5-10/h4-11H,1-3H3,(H,23,24);2-7H,1H3,(H,17,18). The third-order valence-electron chi connectivity index (χ3n) is 7.15. The van der Waals surface area contributed by atoms with Crippen LogP contribution in [0, 0.1) is 20.8 Å². The van der Waals surface area contributed by atoms with Crippen LogP contribution in [0.1, 0.15) is 17.2 Å². The maximum Gasteiger partial charge on any atom is 0.253 e. The van der Waals surface area contributed by atoms with Crippen molar-refractivity contribution in [3.63, 3.8) is 0 Å². The molecule has 232 valence electrons. The number of pyridine rings is 1. The Bertz CT molecular complexity index is 2230. The molecule has 0 saturated heterocycles. The summed E-state index contributed by atoms with van der Waals surface area (Å²) >= 11 is 15.3. The molecule has 0 spiro atoms. The molecule has 0 radical (unpaired) electrons. The highest BCUT2D eigenvalue weighted by molar-refractivity contribution is 9.10. The van der Waals surface area contributed by atoms with Gasteiger partial charge in [-0.2, -0.15) is 0 Å². The van der Waals surface area contributed by atoms with Crippen LogP contribution in [0.2, 0.25) is 10.0 Å². The van der Waals surface area contributed by atoms with Crippen molar-refractivity contribution in [2.75, 3.05) is 0 Å². The van der Waals surface area contributed by atoms with Crippen LogP contribution in [-0.2, 0) is 7.05 Å². The molecule has 0 unspecified atom stereocenters. The summed E-state index contributed by atoms with van der Waals surface area (Å²) in [5.41, 5.74) is 5.80. The first-order valence-electron chi connectivity index (χ1n) is 14.2. The van der Waals surface area contributed by atoms with Gasteiger partial charge in [-0.15, -0.1) is 0 Å². The van der Waals surface area contributed by atoms with E-state index in [4.69, 9.17) is 32.7 Å². The van der Waals surface area contributed by atoms with Gasteiger partial charge in [0.1, 0.15) is 34.2 Å². The Morgan fingerprint density at radius 1 is 0.717 bits per heavy atom. The number of ether oxygens (including phenoxy) is 2. The van der Waals surface area contributed by atoms with Crippen molar-refractivity contribution in [3.05, 3.63) is 127 Å². The minimum atomic E-state index is -0.0180. The van der Waals surface area contributed by atoms with Gasteiger partial charge in [-0.05, 0) is 116 Å². The molecule has 2 N–H and O–H groups in total. The van der Waals surface area contributed by atoms with Crippen LogP contribution in [0.15, 0.2) is 94.3 Å². The molecule has 3 heterocycles. The first kappa shape index (κ1) is 31.4. The van der Waals surface area contributed by atoms with Gasteiger partial charge in [-0.3, -0.25) is 4.79 Å². The SMILES string of the molecule is Cc1nc2c(Oc3ccc(Cl)cc3)c(-c3cc(C)c(=O)n(C)c3)ccc2[nH]1.Cc1nc2c(Oc3ccc(Cl)cc3)c(Br)ccc2[nH]1. The third kappa shape index (κ3) is 6.67. The summed E-state index contributed by atoms with van der Waals surface area (Å²) in [4.78, 5) is 27.6. The second-order valence-corrected chi connectivity index (χ2v) is 12.4. The fraction of sp³-hybridized carbons (Fsp3) is 0.114. The number of aromatic nitrogens is 5. The smallest absolute Gasteiger partial charge is 0.253 e. The Kier molecular flexibility index (Phi) is 8.90. The van der Waals surface area contributed by atoms with Crippen molar-refractivity contribution in [2.45, 2.75) is 20.8 Å². The van der Waals surface area contributed by atoms with Crippen LogP contribution >= 0.6 is 39.1 Å². The predicted molar refractivity (Wildman–Crippen MR) is 188 cm³/mol. The highest BCUT2D eigenvalue weighted by Crippen LogP contribution is 2.39. The number of aromatic amines is 2. The molecule has 8 nitrogen and oxygen atoms in total. The van der Waals surface area contributed by atoms with Gasteiger partial charge in [-0.1, -0.05) is 23.2 Å². The molecule has 0 aliphatic carbocycles. The van der Waals surface area contributed by atoms with E-state index in [9.17, 15) is 4.79 Å². The molecule has 3 aromatic heterocycles. The zero-order valence-corrected chi connectivity index (χ0v) is 28.4. The van der Waals surface area contributed by atoms with E-state index in [1.54, 1.807) is 35.9 Å². The number of halogens is 3. The fourth-order valence-corrected chi connectivity index (χ4v) is 5.67. The minimum absolute atomic E-state index is 0.0180. The molecule has 7 rings (SSSR count). The number of hydrogen-bond donors (Lipinski definition) is 2. The zero-order chi connectivity index (χ0) is 32.5. The van der Waals surface area contributed by atoms with Crippen molar-refractivity contribution in [3.8, 4) is 34.1 Å². The molecule has 0 aliphatic heterocycles. The number of H-pyrrole nitrogens is 2. The first-order valence-corrected chi connectivity index (χ1v) is 15.8. The summed E-state index contributed by atoms with van der Waals surface area (Å²) in [6.45, 7) is 5.63. The van der Waals surface area contributed by atoms with E-state index >= 15 is 0 Å². The summed E-state index contributed by atoms with van der Waals surface area (Å²) in [6, 6.07) is 24.2. The van der Waals surface area contributed by atoms with E-state index < -0.39 is 0 Å². The summed E-state index contributed by atoms with van der Waals surface area (Å²) in [5, 5.41) is 1.32. The number of benzene rings is 4. The van der Waals surface area contributed by atoms with Crippen molar-refractivity contribution < 1.29 is 9.47 Å². The topological polar surface area (TPSA) is 97.8 Å². The number of rotatable bonds is 5. The predicted octanol–water partition coefficient (Wildman–Crippen LogP) is 10.1. The maximum absolute atomic E-state index is 12.1. The number of imidazole rings is 2. The highest BCUT2D eigenvalue weighted by Gasteiger charge is 2.17. The maximum atomic E-state index is 12.1. The lowest BCUT2D eigenvalue weighted by atomic mass is 10.0. The number of fused-ring (bicyclic) bond motifs is 2. The zero-order valence-electron chi connectivity index (χ0n) is 25.3. The van der Waals surface area contributed by atoms with E-state index in [0.717, 1.165) is 55.1 Å². The largest absolute Gasteiger partial charge is 0.454 e. The lowest BCUT2D eigenvalue weighted by Gasteiger charge is -2.13. The van der Waals surface area contributed by atoms with Gasteiger partial charge in [0, 0.05) is 40.0 Å². The van der Waals surface area contributed by atoms with Gasteiger partial charge in [0.2, 0.25) is 0 Å². The van der Waals surface area contributed by atoms with Gasteiger partial charge < -0.3 is 24.0 Å². The van der Waals surface area contributed by atoms with Gasteiger partial charge in [-0.25, -0.2) is 9.97 Å². The van der Waals surface area contributed by atoms with E-state index in [-0.39, 0.29) is 5.56 Å². The molecule has 0 fully saturated rings. The molecule has 11 heteroatoms. The van der Waals surface area contributed by atoms with E-state index in [1.165, 1.54) is 0 Å². The summed E-state index contributed by atoms with van der Waals surface area (Å²) < 4.78 is 14.6. The number of hydrogen-bond acceptors (Lipinski definition) is 5. The first-order chi connectivity index (χ1) is 22.0. The molecule has 7 aromatic rings. The van der Waals surface area contributed by atoms with Crippen molar-refractivity contribution in [1.82, 2.24) is 24.5 Å². The number of nitrogens with one attached hydrogen (secondary N) is 2. The summed E-state index contributed by atoms with van der Waals surface area (Å²) in [5.74, 6) is 4.38. The van der Waals surface area contributed by atoms with Gasteiger partial charge in [0.15, 0.2) is 11.5 Å². The average Bonchev–Trinajstić information content (AvgIpc) is 3.61. The van der Waals surface area contributed by atoms with Gasteiger partial charge in [0.05, 0.1) is 15.5 Å². The van der Waals surface area contributed by atoms with Crippen molar-refractivity contribution in [1.29, 1.82) is 0 Å². The minimum Gasteiger partial charge on any atom is -0.454 e. The van der Waals surface area contributed by atoms with Crippen LogP contribution in [-0.4, -0.2) is 24.5 Å². The van der Waals surface area contributed by atoms with E-state index in [1.807, 2.05) is 81.6 Å². The summed E-state index contributed by atoms with van der Waals surface area (Å²) in [6.07, 6.45) is 1.81. The Morgan fingerprint density at radius 3 is 1.76 bits per heavy atom. The average molecular weight is 717 g/mol. The molecule has 0 saturated carbocycles. The number of nitrogens with zero attached hydrogens (tertiary/aromatic N) is 3.